The Morgan fingerprint density at radius 2 is 1.96 bits per heavy atom. The Balaban J connectivity index is 1.59. The molecule has 0 bridgehead atoms. The highest BCUT2D eigenvalue weighted by atomic mass is 14.2. The first kappa shape index (κ1) is 15.6. The molecule has 0 N–H and O–H groups in total. The molecular weight excluding hydrogens is 276 g/mol. The molecule has 0 nitrogen and oxygen atoms in total. The van der Waals surface area contributed by atoms with Crippen LogP contribution in [0.2, 0.25) is 0 Å². The maximum atomic E-state index is 4.27. The van der Waals surface area contributed by atoms with Crippen LogP contribution in [0.4, 0.5) is 0 Å². The van der Waals surface area contributed by atoms with Gasteiger partial charge in [-0.3, -0.25) is 0 Å². The van der Waals surface area contributed by atoms with Crippen molar-refractivity contribution in [1.82, 2.24) is 0 Å². The van der Waals surface area contributed by atoms with E-state index in [9.17, 15) is 0 Å². The van der Waals surface area contributed by atoms with Crippen molar-refractivity contribution in [3.8, 4) is 0 Å². The Kier molecular flexibility index (Phi) is 4.62. The predicted octanol–water partition coefficient (Wildman–Crippen LogP) is 6.29. The standard InChI is InChI=1S/C23H24/c1-17(7-6-9-20-12-11-18(2)15-19(20)3)16-22-14-13-21-8-4-5-10-23(21)22/h4-6,8-12,14-15H,1,7,13,16H2,2-3H3/b9-6+. The van der Waals surface area contributed by atoms with E-state index < -0.39 is 0 Å². The summed E-state index contributed by atoms with van der Waals surface area (Å²) in [6.45, 7) is 8.57. The first-order chi connectivity index (χ1) is 11.1. The Hall–Kier alpha value is -2.34. The van der Waals surface area contributed by atoms with Crippen LogP contribution in [0.3, 0.4) is 0 Å². The van der Waals surface area contributed by atoms with Crippen molar-refractivity contribution in [2.75, 3.05) is 0 Å². The van der Waals surface area contributed by atoms with Crippen LogP contribution in [-0.4, -0.2) is 0 Å². The number of allylic oxidation sites excluding steroid dienone is 4. The third-order valence-corrected chi connectivity index (χ3v) is 4.50. The Morgan fingerprint density at radius 3 is 2.78 bits per heavy atom. The second-order valence-corrected chi connectivity index (χ2v) is 6.48. The highest BCUT2D eigenvalue weighted by Gasteiger charge is 2.13. The minimum absolute atomic E-state index is 0.937. The first-order valence-corrected chi connectivity index (χ1v) is 8.31. The summed E-state index contributed by atoms with van der Waals surface area (Å²) < 4.78 is 0. The molecule has 0 spiro atoms. The first-order valence-electron chi connectivity index (χ1n) is 8.31. The van der Waals surface area contributed by atoms with Crippen LogP contribution in [0.5, 0.6) is 0 Å². The zero-order valence-corrected chi connectivity index (χ0v) is 14.1. The molecule has 0 fully saturated rings. The van der Waals surface area contributed by atoms with Crippen LogP contribution < -0.4 is 0 Å². The van der Waals surface area contributed by atoms with Crippen LogP contribution in [0, 0.1) is 13.8 Å². The van der Waals surface area contributed by atoms with Gasteiger partial charge in [-0.1, -0.05) is 78.4 Å². The monoisotopic (exact) mass is 300 g/mol. The van der Waals surface area contributed by atoms with Gasteiger partial charge in [-0.25, -0.2) is 0 Å². The molecule has 1 aliphatic rings. The maximum Gasteiger partial charge on any atom is -0.00637 e. The second kappa shape index (κ2) is 6.83. The maximum absolute atomic E-state index is 4.27. The van der Waals surface area contributed by atoms with E-state index >= 15 is 0 Å². The van der Waals surface area contributed by atoms with Gasteiger partial charge >= 0.3 is 0 Å². The summed E-state index contributed by atoms with van der Waals surface area (Å²) >= 11 is 0. The summed E-state index contributed by atoms with van der Waals surface area (Å²) in [5, 5.41) is 0. The van der Waals surface area contributed by atoms with Crippen LogP contribution in [0.1, 0.15) is 40.7 Å². The molecule has 0 heterocycles. The quantitative estimate of drug-likeness (QED) is 0.569. The summed E-state index contributed by atoms with van der Waals surface area (Å²) in [4.78, 5) is 0. The van der Waals surface area contributed by atoms with Crippen molar-refractivity contribution >= 4 is 11.6 Å². The van der Waals surface area contributed by atoms with Crippen LogP contribution in [0.15, 0.2) is 66.8 Å². The van der Waals surface area contributed by atoms with Gasteiger partial charge in [-0.15, -0.1) is 0 Å². The van der Waals surface area contributed by atoms with Gasteiger partial charge < -0.3 is 0 Å². The fourth-order valence-electron chi connectivity index (χ4n) is 3.23. The zero-order valence-electron chi connectivity index (χ0n) is 14.1. The van der Waals surface area contributed by atoms with E-state index in [0.717, 1.165) is 19.3 Å². The molecule has 0 unspecified atom stereocenters. The number of fused-ring (bicyclic) bond motifs is 1. The highest BCUT2D eigenvalue weighted by Crippen LogP contribution is 2.32. The molecule has 116 valence electrons. The van der Waals surface area contributed by atoms with Crippen molar-refractivity contribution < 1.29 is 0 Å². The van der Waals surface area contributed by atoms with Crippen molar-refractivity contribution in [1.29, 1.82) is 0 Å². The summed E-state index contributed by atoms with van der Waals surface area (Å²) in [5.41, 5.74) is 9.51. The molecule has 0 saturated heterocycles. The van der Waals surface area contributed by atoms with Gasteiger partial charge in [-0.2, -0.15) is 0 Å². The highest BCUT2D eigenvalue weighted by molar-refractivity contribution is 5.74. The van der Waals surface area contributed by atoms with Crippen molar-refractivity contribution in [3.63, 3.8) is 0 Å². The van der Waals surface area contributed by atoms with E-state index in [-0.39, 0.29) is 0 Å². The number of aryl methyl sites for hydroxylation is 2. The molecule has 0 saturated carbocycles. The lowest BCUT2D eigenvalue weighted by atomic mass is 9.98. The van der Waals surface area contributed by atoms with Gasteiger partial charge in [0.05, 0.1) is 0 Å². The molecule has 0 aromatic heterocycles. The van der Waals surface area contributed by atoms with Crippen LogP contribution >= 0.6 is 0 Å². The Labute approximate surface area is 139 Å². The average molecular weight is 300 g/mol. The summed E-state index contributed by atoms with van der Waals surface area (Å²) in [6.07, 6.45) is 9.79. The second-order valence-electron chi connectivity index (χ2n) is 6.48. The molecule has 0 atom stereocenters. The molecule has 2 aromatic rings. The van der Waals surface area contributed by atoms with Gasteiger partial charge in [0.2, 0.25) is 0 Å². The van der Waals surface area contributed by atoms with E-state index in [4.69, 9.17) is 0 Å². The van der Waals surface area contributed by atoms with Gasteiger partial charge in [0, 0.05) is 0 Å². The van der Waals surface area contributed by atoms with Crippen LogP contribution in [-0.2, 0) is 6.42 Å². The van der Waals surface area contributed by atoms with Gasteiger partial charge in [0.15, 0.2) is 0 Å². The average Bonchev–Trinajstić information content (AvgIpc) is 2.93. The number of rotatable bonds is 5. The predicted molar refractivity (Wildman–Crippen MR) is 101 cm³/mol. The largest absolute Gasteiger partial charge is 0.0992 e. The molecule has 1 aliphatic carbocycles. The fourth-order valence-corrected chi connectivity index (χ4v) is 3.23. The van der Waals surface area contributed by atoms with Crippen molar-refractivity contribution in [3.05, 3.63) is 94.6 Å². The Morgan fingerprint density at radius 1 is 1.13 bits per heavy atom. The van der Waals surface area contributed by atoms with Crippen molar-refractivity contribution in [2.24, 2.45) is 0 Å². The molecule has 23 heavy (non-hydrogen) atoms. The van der Waals surface area contributed by atoms with Gasteiger partial charge in [0.25, 0.3) is 0 Å². The fraction of sp³-hybridized carbons (Fsp3) is 0.217. The third kappa shape index (κ3) is 3.71. The van der Waals surface area contributed by atoms with Crippen LogP contribution in [0.25, 0.3) is 11.6 Å². The summed E-state index contributed by atoms with van der Waals surface area (Å²) in [7, 11) is 0. The zero-order chi connectivity index (χ0) is 16.2. The lowest BCUT2D eigenvalue weighted by molar-refractivity contribution is 1.14. The van der Waals surface area contributed by atoms with Crippen molar-refractivity contribution in [2.45, 2.75) is 33.1 Å². The van der Waals surface area contributed by atoms with E-state index in [1.807, 2.05) is 0 Å². The minimum atomic E-state index is 0.937. The SMILES string of the molecule is C=C(C/C=C/c1ccc(C)cc1C)CC1=CCc2ccccc21. The molecule has 0 amide bonds. The third-order valence-electron chi connectivity index (χ3n) is 4.50. The molecule has 2 aromatic carbocycles. The molecule has 0 aliphatic heterocycles. The molecule has 3 rings (SSSR count). The van der Waals surface area contributed by atoms with E-state index in [2.05, 4.69) is 81.1 Å². The summed E-state index contributed by atoms with van der Waals surface area (Å²) in [6, 6.07) is 15.3. The summed E-state index contributed by atoms with van der Waals surface area (Å²) in [5.74, 6) is 0. The van der Waals surface area contributed by atoms with E-state index in [1.54, 1.807) is 0 Å². The normalized spacial score (nSPS) is 13.2. The number of benzene rings is 2. The van der Waals surface area contributed by atoms with E-state index in [1.165, 1.54) is 39.0 Å². The number of hydrogen-bond donors (Lipinski definition) is 0. The van der Waals surface area contributed by atoms with Gasteiger partial charge in [-0.05, 0) is 60.9 Å². The lowest BCUT2D eigenvalue weighted by Gasteiger charge is -2.07. The lowest BCUT2D eigenvalue weighted by Crippen LogP contribution is -1.87. The number of hydrogen-bond acceptors (Lipinski definition) is 0. The molecule has 0 heteroatoms. The van der Waals surface area contributed by atoms with Gasteiger partial charge in [0.1, 0.15) is 0 Å². The smallest absolute Gasteiger partial charge is 0.00637 e. The topological polar surface area (TPSA) is 0 Å². The minimum Gasteiger partial charge on any atom is -0.0992 e. The molecule has 0 radical (unpaired) electrons. The molecular formula is C23H24. The Bertz CT molecular complexity index is 787. The van der Waals surface area contributed by atoms with E-state index in [0.29, 0.717) is 0 Å².